The SMILES string of the molecule is CC(C)Nc1nc(-c2ccc(C(C)O)nc2)cc2c1CN(C)C=N2. The molecule has 126 valence electrons. The third-order valence-electron chi connectivity index (χ3n) is 3.84. The van der Waals surface area contributed by atoms with Crippen LogP contribution in [0.5, 0.6) is 0 Å². The summed E-state index contributed by atoms with van der Waals surface area (Å²) in [5.74, 6) is 0.862. The highest BCUT2D eigenvalue weighted by molar-refractivity contribution is 5.75. The zero-order valence-electron chi connectivity index (χ0n) is 14.5. The molecule has 0 saturated carbocycles. The van der Waals surface area contributed by atoms with Crippen LogP contribution in [0.3, 0.4) is 0 Å². The fourth-order valence-corrected chi connectivity index (χ4v) is 2.62. The molecule has 0 saturated heterocycles. The third kappa shape index (κ3) is 3.38. The minimum Gasteiger partial charge on any atom is -0.387 e. The normalized spacial score (nSPS) is 14.7. The summed E-state index contributed by atoms with van der Waals surface area (Å²) in [5.41, 5.74) is 4.41. The van der Waals surface area contributed by atoms with Gasteiger partial charge in [0.1, 0.15) is 5.82 Å². The zero-order chi connectivity index (χ0) is 17.3. The number of hydrogen-bond acceptors (Lipinski definition) is 6. The first-order valence-corrected chi connectivity index (χ1v) is 8.13. The summed E-state index contributed by atoms with van der Waals surface area (Å²) >= 11 is 0. The molecule has 3 rings (SSSR count). The van der Waals surface area contributed by atoms with E-state index in [1.54, 1.807) is 13.1 Å². The molecule has 6 nitrogen and oxygen atoms in total. The number of hydrogen-bond donors (Lipinski definition) is 2. The molecule has 3 heterocycles. The van der Waals surface area contributed by atoms with Crippen molar-refractivity contribution in [3.63, 3.8) is 0 Å². The minimum atomic E-state index is -0.575. The van der Waals surface area contributed by atoms with Crippen LogP contribution in [0.25, 0.3) is 11.3 Å². The highest BCUT2D eigenvalue weighted by Gasteiger charge is 2.18. The summed E-state index contributed by atoms with van der Waals surface area (Å²) in [6, 6.07) is 6.03. The summed E-state index contributed by atoms with van der Waals surface area (Å²) in [6.07, 6.45) is 3.00. The number of aliphatic imine (C=N–C) groups is 1. The Kier molecular flexibility index (Phi) is 4.49. The lowest BCUT2D eigenvalue weighted by atomic mass is 10.1. The lowest BCUT2D eigenvalue weighted by Gasteiger charge is -2.24. The molecule has 0 amide bonds. The Morgan fingerprint density at radius 1 is 1.25 bits per heavy atom. The van der Waals surface area contributed by atoms with Crippen LogP contribution in [-0.4, -0.2) is 39.4 Å². The van der Waals surface area contributed by atoms with Crippen molar-refractivity contribution in [2.75, 3.05) is 12.4 Å². The van der Waals surface area contributed by atoms with Crippen molar-refractivity contribution < 1.29 is 5.11 Å². The van der Waals surface area contributed by atoms with Gasteiger partial charge >= 0.3 is 0 Å². The van der Waals surface area contributed by atoms with Crippen LogP contribution >= 0.6 is 0 Å². The van der Waals surface area contributed by atoms with Crippen molar-refractivity contribution in [2.24, 2.45) is 4.99 Å². The van der Waals surface area contributed by atoms with Crippen LogP contribution in [0.4, 0.5) is 11.5 Å². The molecule has 1 aliphatic heterocycles. The highest BCUT2D eigenvalue weighted by atomic mass is 16.3. The van der Waals surface area contributed by atoms with Gasteiger partial charge in [0.2, 0.25) is 0 Å². The van der Waals surface area contributed by atoms with Crippen molar-refractivity contribution >= 4 is 17.8 Å². The maximum atomic E-state index is 9.60. The standard InChI is InChI=1S/C18H23N5O/c1-11(2)21-18-14-9-23(4)10-20-17(14)7-16(22-18)13-5-6-15(12(3)24)19-8-13/h5-8,10-12,24H,9H2,1-4H3,(H,21,22). The molecular weight excluding hydrogens is 302 g/mol. The van der Waals surface area contributed by atoms with Gasteiger partial charge in [0, 0.05) is 37.0 Å². The predicted octanol–water partition coefficient (Wildman–Crippen LogP) is 3.12. The second kappa shape index (κ2) is 6.57. The van der Waals surface area contributed by atoms with E-state index in [1.807, 2.05) is 36.5 Å². The van der Waals surface area contributed by atoms with E-state index in [0.717, 1.165) is 34.9 Å². The molecule has 6 heteroatoms. The Morgan fingerprint density at radius 2 is 2.04 bits per heavy atom. The molecule has 0 fully saturated rings. The third-order valence-corrected chi connectivity index (χ3v) is 3.84. The molecule has 1 unspecified atom stereocenters. The van der Waals surface area contributed by atoms with Gasteiger partial charge in [-0.2, -0.15) is 0 Å². The second-order valence-corrected chi connectivity index (χ2v) is 6.46. The van der Waals surface area contributed by atoms with Gasteiger partial charge in [0.05, 0.1) is 29.5 Å². The van der Waals surface area contributed by atoms with Gasteiger partial charge in [-0.3, -0.25) is 4.98 Å². The number of fused-ring (bicyclic) bond motifs is 1. The number of nitrogens with one attached hydrogen (secondary N) is 1. The number of aliphatic hydroxyl groups excluding tert-OH is 1. The monoisotopic (exact) mass is 325 g/mol. The number of nitrogens with zero attached hydrogens (tertiary/aromatic N) is 4. The summed E-state index contributed by atoms with van der Waals surface area (Å²) in [6.45, 7) is 6.67. The van der Waals surface area contributed by atoms with Crippen LogP contribution in [-0.2, 0) is 6.54 Å². The summed E-state index contributed by atoms with van der Waals surface area (Å²) < 4.78 is 0. The lowest BCUT2D eigenvalue weighted by Crippen LogP contribution is -2.22. The van der Waals surface area contributed by atoms with Gasteiger partial charge in [-0.05, 0) is 39.0 Å². The molecule has 0 spiro atoms. The molecule has 0 aliphatic carbocycles. The van der Waals surface area contributed by atoms with Gasteiger partial charge in [-0.15, -0.1) is 0 Å². The van der Waals surface area contributed by atoms with E-state index in [9.17, 15) is 5.11 Å². The van der Waals surface area contributed by atoms with E-state index >= 15 is 0 Å². The Labute approximate surface area is 142 Å². The molecule has 1 aliphatic rings. The van der Waals surface area contributed by atoms with E-state index in [-0.39, 0.29) is 6.04 Å². The van der Waals surface area contributed by atoms with Gasteiger partial charge in [-0.1, -0.05) is 0 Å². The van der Waals surface area contributed by atoms with Crippen LogP contribution in [0.1, 0.15) is 38.1 Å². The Bertz CT molecular complexity index is 753. The van der Waals surface area contributed by atoms with E-state index in [1.165, 1.54) is 0 Å². The molecule has 0 bridgehead atoms. The second-order valence-electron chi connectivity index (χ2n) is 6.46. The largest absolute Gasteiger partial charge is 0.387 e. The van der Waals surface area contributed by atoms with Crippen molar-refractivity contribution in [2.45, 2.75) is 39.5 Å². The quantitative estimate of drug-likeness (QED) is 0.903. The van der Waals surface area contributed by atoms with E-state index < -0.39 is 6.10 Å². The van der Waals surface area contributed by atoms with Crippen LogP contribution in [0, 0.1) is 0 Å². The topological polar surface area (TPSA) is 73.6 Å². The van der Waals surface area contributed by atoms with Crippen molar-refractivity contribution in [3.05, 3.63) is 35.7 Å². The maximum Gasteiger partial charge on any atom is 0.134 e. The smallest absolute Gasteiger partial charge is 0.134 e. The average Bonchev–Trinajstić information content (AvgIpc) is 2.54. The van der Waals surface area contributed by atoms with Gasteiger partial charge in [0.15, 0.2) is 0 Å². The van der Waals surface area contributed by atoms with E-state index in [2.05, 4.69) is 29.1 Å². The van der Waals surface area contributed by atoms with Gasteiger partial charge < -0.3 is 15.3 Å². The summed E-state index contributed by atoms with van der Waals surface area (Å²) in [4.78, 5) is 15.7. The Hall–Kier alpha value is -2.47. The molecule has 24 heavy (non-hydrogen) atoms. The van der Waals surface area contributed by atoms with E-state index in [4.69, 9.17) is 4.98 Å². The number of anilines is 1. The van der Waals surface area contributed by atoms with Crippen molar-refractivity contribution in [1.82, 2.24) is 14.9 Å². The minimum absolute atomic E-state index is 0.281. The molecular formula is C18H23N5O. The Morgan fingerprint density at radius 3 is 2.67 bits per heavy atom. The molecule has 2 N–H and O–H groups in total. The van der Waals surface area contributed by atoms with Crippen molar-refractivity contribution in [1.29, 1.82) is 0 Å². The predicted molar refractivity (Wildman–Crippen MR) is 96.5 cm³/mol. The summed E-state index contributed by atoms with van der Waals surface area (Å²) in [5, 5.41) is 13.0. The zero-order valence-corrected chi connectivity index (χ0v) is 14.5. The number of pyridine rings is 2. The maximum absolute atomic E-state index is 9.60. The number of aromatic nitrogens is 2. The first-order valence-electron chi connectivity index (χ1n) is 8.13. The lowest BCUT2D eigenvalue weighted by molar-refractivity contribution is 0.194. The Balaban J connectivity index is 2.04. The van der Waals surface area contributed by atoms with Crippen LogP contribution in [0.15, 0.2) is 29.4 Å². The average molecular weight is 325 g/mol. The van der Waals surface area contributed by atoms with Crippen LogP contribution < -0.4 is 5.32 Å². The first kappa shape index (κ1) is 16.4. The van der Waals surface area contributed by atoms with Gasteiger partial charge in [-0.25, -0.2) is 9.98 Å². The van der Waals surface area contributed by atoms with Gasteiger partial charge in [0.25, 0.3) is 0 Å². The molecule has 0 aromatic carbocycles. The molecule has 0 radical (unpaired) electrons. The van der Waals surface area contributed by atoms with Crippen LogP contribution in [0.2, 0.25) is 0 Å². The fourth-order valence-electron chi connectivity index (χ4n) is 2.62. The number of rotatable bonds is 4. The number of aliphatic hydroxyl groups is 1. The molecule has 1 atom stereocenters. The van der Waals surface area contributed by atoms with Crippen molar-refractivity contribution in [3.8, 4) is 11.3 Å². The summed E-state index contributed by atoms with van der Waals surface area (Å²) in [7, 11) is 2.00. The fraction of sp³-hybridized carbons (Fsp3) is 0.389. The molecule has 2 aromatic rings. The first-order chi connectivity index (χ1) is 11.4. The molecule has 2 aromatic heterocycles. The highest BCUT2D eigenvalue weighted by Crippen LogP contribution is 2.33. The van der Waals surface area contributed by atoms with E-state index in [0.29, 0.717) is 5.69 Å².